The van der Waals surface area contributed by atoms with Gasteiger partial charge in [-0.25, -0.2) is 4.98 Å². The van der Waals surface area contributed by atoms with Crippen LogP contribution in [0.2, 0.25) is 0 Å². The molecule has 2 heterocycles. The van der Waals surface area contributed by atoms with E-state index in [1.165, 1.54) is 23.5 Å². The van der Waals surface area contributed by atoms with Crippen LogP contribution in [0.1, 0.15) is 13.8 Å². The molecule has 0 fully saturated rings. The van der Waals surface area contributed by atoms with Gasteiger partial charge in [0.05, 0.1) is 16.2 Å². The summed E-state index contributed by atoms with van der Waals surface area (Å²) in [5.41, 5.74) is 3.95. The summed E-state index contributed by atoms with van der Waals surface area (Å²) in [6.45, 7) is 6.01. The summed E-state index contributed by atoms with van der Waals surface area (Å²) in [5.74, 6) is 0. The molecule has 0 aliphatic rings. The molecule has 0 aliphatic carbocycles. The van der Waals surface area contributed by atoms with E-state index in [0.717, 1.165) is 29.7 Å². The van der Waals surface area contributed by atoms with Crippen molar-refractivity contribution < 1.29 is 9.34 Å². The predicted molar refractivity (Wildman–Crippen MR) is 119 cm³/mol. The molecule has 0 saturated carbocycles. The van der Waals surface area contributed by atoms with Gasteiger partial charge < -0.3 is 9.32 Å². The minimum absolute atomic E-state index is 0.0417. The molecule has 152 valence electrons. The van der Waals surface area contributed by atoms with Crippen LogP contribution in [-0.2, 0) is 0 Å². The molecule has 2 aromatic carbocycles. The van der Waals surface area contributed by atoms with Gasteiger partial charge in [0.1, 0.15) is 10.6 Å². The molecule has 7 nitrogen and oxygen atoms in total. The van der Waals surface area contributed by atoms with Crippen molar-refractivity contribution in [2.75, 3.05) is 18.0 Å². The first-order valence-electron chi connectivity index (χ1n) is 9.58. The molecule has 8 heteroatoms. The fourth-order valence-corrected chi connectivity index (χ4v) is 4.19. The lowest BCUT2D eigenvalue weighted by Crippen LogP contribution is -2.21. The number of thiazole rings is 1. The highest BCUT2D eigenvalue weighted by molar-refractivity contribution is 7.13. The number of nitrogens with one attached hydrogen (secondary N) is 1. The number of hydrogen-bond acceptors (Lipinski definition) is 7. The number of aromatic nitrogens is 1. The van der Waals surface area contributed by atoms with Gasteiger partial charge in [0.25, 0.3) is 5.69 Å². The Morgan fingerprint density at radius 1 is 1.13 bits per heavy atom. The highest BCUT2D eigenvalue weighted by Crippen LogP contribution is 2.30. The van der Waals surface area contributed by atoms with Gasteiger partial charge in [-0.1, -0.05) is 0 Å². The summed E-state index contributed by atoms with van der Waals surface area (Å²) < 4.78 is 5.82. The summed E-state index contributed by atoms with van der Waals surface area (Å²) in [7, 11) is 0. The fraction of sp³-hybridized carbons (Fsp3) is 0.182. The van der Waals surface area contributed by atoms with E-state index in [9.17, 15) is 10.1 Å². The van der Waals surface area contributed by atoms with E-state index in [0.29, 0.717) is 21.8 Å². The monoisotopic (exact) mass is 420 g/mol. The predicted octanol–water partition coefficient (Wildman–Crippen LogP) is 5.46. The summed E-state index contributed by atoms with van der Waals surface area (Å²) in [6, 6.07) is 14.2. The minimum Gasteiger partial charge on any atom is -0.438 e. The molecule has 4 rings (SSSR count). The highest BCUT2D eigenvalue weighted by Gasteiger charge is 2.13. The first-order chi connectivity index (χ1) is 14.5. The summed E-state index contributed by atoms with van der Waals surface area (Å²) in [5, 5.41) is 22.6. The van der Waals surface area contributed by atoms with E-state index in [2.05, 4.69) is 29.8 Å². The second-order valence-corrected chi connectivity index (χ2v) is 7.58. The van der Waals surface area contributed by atoms with Crippen molar-refractivity contribution in [2.45, 2.75) is 13.8 Å². The first-order valence-corrected chi connectivity index (χ1v) is 10.5. The Labute approximate surface area is 176 Å². The van der Waals surface area contributed by atoms with Gasteiger partial charge in [-0.15, -0.1) is 11.3 Å². The number of nitro benzene ring substituents is 1. The van der Waals surface area contributed by atoms with Gasteiger partial charge >= 0.3 is 0 Å². The molecule has 4 aromatic rings. The van der Waals surface area contributed by atoms with Crippen molar-refractivity contribution in [3.8, 4) is 21.8 Å². The molecule has 1 N–H and O–H groups in total. The molecular formula is C22H20N4O3S. The molecule has 0 spiro atoms. The van der Waals surface area contributed by atoms with Crippen LogP contribution in [0, 0.1) is 15.5 Å². The average molecular weight is 420 g/mol. The molecule has 0 amide bonds. The molecule has 0 unspecified atom stereocenters. The number of nitro groups is 1. The van der Waals surface area contributed by atoms with Gasteiger partial charge in [-0.05, 0) is 44.2 Å². The second kappa shape index (κ2) is 8.08. The van der Waals surface area contributed by atoms with Crippen LogP contribution in [0.5, 0.6) is 0 Å². The highest BCUT2D eigenvalue weighted by atomic mass is 32.1. The van der Waals surface area contributed by atoms with Crippen molar-refractivity contribution in [3.63, 3.8) is 0 Å². The quantitative estimate of drug-likeness (QED) is 0.330. The molecule has 0 atom stereocenters. The van der Waals surface area contributed by atoms with E-state index >= 15 is 0 Å². The van der Waals surface area contributed by atoms with Crippen LogP contribution in [0.3, 0.4) is 0 Å². The number of nitrogens with zero attached hydrogens (tertiary/aromatic N) is 3. The summed E-state index contributed by atoms with van der Waals surface area (Å²) in [6.07, 6.45) is 0. The maximum absolute atomic E-state index is 10.8. The molecular weight excluding hydrogens is 400 g/mol. The number of anilines is 1. The van der Waals surface area contributed by atoms with Crippen LogP contribution in [0.15, 0.2) is 58.3 Å². The third-order valence-corrected chi connectivity index (χ3v) is 5.87. The van der Waals surface area contributed by atoms with E-state index in [4.69, 9.17) is 9.83 Å². The van der Waals surface area contributed by atoms with Crippen LogP contribution < -0.4 is 10.5 Å². The Hall–Kier alpha value is -3.52. The number of benzene rings is 2. The summed E-state index contributed by atoms with van der Waals surface area (Å²) >= 11 is 1.41. The van der Waals surface area contributed by atoms with E-state index < -0.39 is 4.92 Å². The number of non-ortho nitro benzene ring substituents is 1. The minimum atomic E-state index is -0.426. The van der Waals surface area contributed by atoms with Gasteiger partial charge in [0, 0.05) is 53.3 Å². The molecule has 0 radical (unpaired) electrons. The lowest BCUT2D eigenvalue weighted by atomic mass is 10.1. The zero-order valence-corrected chi connectivity index (χ0v) is 17.4. The van der Waals surface area contributed by atoms with Crippen molar-refractivity contribution in [1.82, 2.24) is 4.98 Å². The Morgan fingerprint density at radius 2 is 1.87 bits per heavy atom. The van der Waals surface area contributed by atoms with Gasteiger partial charge in [0.15, 0.2) is 0 Å². The Kier molecular flexibility index (Phi) is 5.33. The SMILES string of the molecule is CCN(CC)c1ccc2cc(-c3nc(-c4ccc([N+](=O)[O-])cc4)cs3)c(=N)oc2c1. The Morgan fingerprint density at radius 3 is 2.53 bits per heavy atom. The van der Waals surface area contributed by atoms with Crippen molar-refractivity contribution in [2.24, 2.45) is 0 Å². The third-order valence-electron chi connectivity index (χ3n) is 4.99. The van der Waals surface area contributed by atoms with Crippen molar-refractivity contribution >= 4 is 33.7 Å². The lowest BCUT2D eigenvalue weighted by Gasteiger charge is -2.21. The van der Waals surface area contributed by atoms with Gasteiger partial charge in [-0.2, -0.15) is 0 Å². The summed E-state index contributed by atoms with van der Waals surface area (Å²) in [4.78, 5) is 17.3. The van der Waals surface area contributed by atoms with Gasteiger partial charge in [-0.3, -0.25) is 15.5 Å². The van der Waals surface area contributed by atoms with Gasteiger partial charge in [0.2, 0.25) is 5.55 Å². The van der Waals surface area contributed by atoms with Crippen molar-refractivity contribution in [1.29, 1.82) is 5.41 Å². The smallest absolute Gasteiger partial charge is 0.269 e. The van der Waals surface area contributed by atoms with Crippen LogP contribution in [0.25, 0.3) is 32.8 Å². The maximum atomic E-state index is 10.8. The standard InChI is InChI=1S/C22H20N4O3S/c1-3-25(4-2)17-10-7-15-11-18(21(23)29-20(15)12-17)22-24-19(13-30-22)14-5-8-16(9-6-14)26(27)28/h5-13,23H,3-4H2,1-2H3. The molecule has 0 saturated heterocycles. The fourth-order valence-electron chi connectivity index (χ4n) is 3.34. The molecule has 0 aliphatic heterocycles. The largest absolute Gasteiger partial charge is 0.438 e. The Balaban J connectivity index is 1.70. The third kappa shape index (κ3) is 3.69. The molecule has 0 bridgehead atoms. The van der Waals surface area contributed by atoms with Crippen LogP contribution in [0.4, 0.5) is 11.4 Å². The number of rotatable bonds is 6. The zero-order valence-electron chi connectivity index (χ0n) is 16.6. The van der Waals surface area contributed by atoms with Crippen LogP contribution in [-0.4, -0.2) is 23.0 Å². The van der Waals surface area contributed by atoms with E-state index in [1.54, 1.807) is 12.1 Å². The molecule has 2 aromatic heterocycles. The lowest BCUT2D eigenvalue weighted by molar-refractivity contribution is -0.384. The van der Waals surface area contributed by atoms with Crippen LogP contribution >= 0.6 is 11.3 Å². The Bertz CT molecular complexity index is 1270. The average Bonchev–Trinajstić information content (AvgIpc) is 3.24. The normalized spacial score (nSPS) is 11.0. The van der Waals surface area contributed by atoms with E-state index in [-0.39, 0.29) is 11.2 Å². The molecule has 30 heavy (non-hydrogen) atoms. The van der Waals surface area contributed by atoms with E-state index in [1.807, 2.05) is 23.6 Å². The van der Waals surface area contributed by atoms with Crippen molar-refractivity contribution in [3.05, 3.63) is 69.6 Å². The zero-order chi connectivity index (χ0) is 21.3. The maximum Gasteiger partial charge on any atom is 0.269 e. The number of hydrogen-bond donors (Lipinski definition) is 1. The number of fused-ring (bicyclic) bond motifs is 1. The topological polar surface area (TPSA) is 96.3 Å². The first kappa shape index (κ1) is 19.8. The second-order valence-electron chi connectivity index (χ2n) is 6.73.